The van der Waals surface area contributed by atoms with Crippen LogP contribution in [0.1, 0.15) is 0 Å². The first kappa shape index (κ1) is 33.7. The van der Waals surface area contributed by atoms with Gasteiger partial charge in [-0.25, -0.2) is 9.97 Å². The molecular formula is C56H32N4OS. The molecular weight excluding hydrogens is 777 g/mol. The maximum atomic E-state index is 6.88. The van der Waals surface area contributed by atoms with E-state index in [0.717, 1.165) is 88.2 Å². The van der Waals surface area contributed by atoms with Crippen LogP contribution in [0.5, 0.6) is 0 Å². The van der Waals surface area contributed by atoms with Crippen molar-refractivity contribution in [3.8, 4) is 34.0 Å². The molecule has 0 aliphatic heterocycles. The highest BCUT2D eigenvalue weighted by Gasteiger charge is 2.25. The number of furan rings is 1. The van der Waals surface area contributed by atoms with Gasteiger partial charge in [0.1, 0.15) is 11.2 Å². The van der Waals surface area contributed by atoms with Crippen molar-refractivity contribution >= 4 is 108 Å². The Labute approximate surface area is 358 Å². The first-order chi connectivity index (χ1) is 30.7. The Balaban J connectivity index is 1.12. The van der Waals surface area contributed by atoms with Crippen molar-refractivity contribution in [3.05, 3.63) is 194 Å². The summed E-state index contributed by atoms with van der Waals surface area (Å²) in [6, 6.07) is 69.4. The minimum absolute atomic E-state index is 0.608. The van der Waals surface area contributed by atoms with Crippen molar-refractivity contribution in [1.29, 1.82) is 0 Å². The van der Waals surface area contributed by atoms with E-state index in [4.69, 9.17) is 14.4 Å². The van der Waals surface area contributed by atoms with Gasteiger partial charge in [0.05, 0.1) is 38.7 Å². The zero-order valence-corrected chi connectivity index (χ0v) is 33.9. The van der Waals surface area contributed by atoms with Crippen molar-refractivity contribution in [3.63, 3.8) is 0 Å². The average molecular weight is 809 g/mol. The number of benzene rings is 9. The molecule has 0 saturated carbocycles. The Hall–Kier alpha value is -8.06. The van der Waals surface area contributed by atoms with Crippen LogP contribution in [0, 0.1) is 0 Å². The van der Waals surface area contributed by atoms with Gasteiger partial charge < -0.3 is 8.98 Å². The molecule has 5 nitrogen and oxygen atoms in total. The second kappa shape index (κ2) is 12.7. The van der Waals surface area contributed by atoms with Gasteiger partial charge in [0.2, 0.25) is 5.95 Å². The van der Waals surface area contributed by atoms with E-state index in [0.29, 0.717) is 5.95 Å². The number of hydrogen-bond acceptors (Lipinski definition) is 4. The smallest absolute Gasteiger partial charge is 0.235 e. The van der Waals surface area contributed by atoms with Crippen LogP contribution in [0.2, 0.25) is 0 Å². The fraction of sp³-hybridized carbons (Fsp3) is 0. The molecule has 0 aliphatic carbocycles. The molecule has 62 heavy (non-hydrogen) atoms. The summed E-state index contributed by atoms with van der Waals surface area (Å²) in [6.45, 7) is 0. The molecule has 0 radical (unpaired) electrons. The maximum absolute atomic E-state index is 6.88. The lowest BCUT2D eigenvalue weighted by molar-refractivity contribution is 0.673. The second-order valence-electron chi connectivity index (χ2n) is 16.1. The van der Waals surface area contributed by atoms with Crippen molar-refractivity contribution in [2.45, 2.75) is 0 Å². The van der Waals surface area contributed by atoms with Gasteiger partial charge in [-0.1, -0.05) is 127 Å². The number of thiophene rings is 1. The third-order valence-electron chi connectivity index (χ3n) is 12.7. The van der Waals surface area contributed by atoms with E-state index >= 15 is 0 Å². The third-order valence-corrected chi connectivity index (χ3v) is 13.9. The minimum atomic E-state index is 0.608. The molecule has 288 valence electrons. The van der Waals surface area contributed by atoms with Crippen molar-refractivity contribution in [2.75, 3.05) is 0 Å². The topological polar surface area (TPSA) is 48.8 Å². The molecule has 9 aromatic carbocycles. The molecule has 0 amide bonds. The highest BCUT2D eigenvalue weighted by molar-refractivity contribution is 7.25. The molecule has 0 atom stereocenters. The van der Waals surface area contributed by atoms with Gasteiger partial charge in [0, 0.05) is 69.3 Å². The number of nitrogens with zero attached hydrogens (tertiary/aromatic N) is 4. The summed E-state index contributed by atoms with van der Waals surface area (Å²) in [4.78, 5) is 11.0. The first-order valence-corrected chi connectivity index (χ1v) is 21.7. The van der Waals surface area contributed by atoms with E-state index in [1.54, 1.807) is 0 Å². The fourth-order valence-corrected chi connectivity index (χ4v) is 11.1. The van der Waals surface area contributed by atoms with Gasteiger partial charge in [0.25, 0.3) is 0 Å². The van der Waals surface area contributed by atoms with Crippen LogP contribution in [0.15, 0.2) is 199 Å². The first-order valence-electron chi connectivity index (χ1n) is 20.9. The largest absolute Gasteiger partial charge is 0.455 e. The highest BCUT2D eigenvalue weighted by Crippen LogP contribution is 2.47. The molecule has 14 aromatic rings. The predicted octanol–water partition coefficient (Wildman–Crippen LogP) is 15.4. The van der Waals surface area contributed by atoms with E-state index in [1.807, 2.05) is 17.4 Å². The van der Waals surface area contributed by atoms with Gasteiger partial charge >= 0.3 is 0 Å². The monoisotopic (exact) mass is 808 g/mol. The van der Waals surface area contributed by atoms with Gasteiger partial charge in [0.15, 0.2) is 0 Å². The van der Waals surface area contributed by atoms with Gasteiger partial charge in [-0.2, -0.15) is 0 Å². The van der Waals surface area contributed by atoms with Crippen molar-refractivity contribution < 1.29 is 4.42 Å². The van der Waals surface area contributed by atoms with E-state index in [9.17, 15) is 0 Å². The predicted molar refractivity (Wildman–Crippen MR) is 259 cm³/mol. The second-order valence-corrected chi connectivity index (χ2v) is 17.2. The zero-order valence-electron chi connectivity index (χ0n) is 33.1. The number of para-hydroxylation sites is 5. The lowest BCUT2D eigenvalue weighted by atomic mass is 9.97. The normalized spacial score (nSPS) is 12.2. The molecule has 0 bridgehead atoms. The van der Waals surface area contributed by atoms with Crippen LogP contribution in [0.4, 0.5) is 0 Å². The summed E-state index contributed by atoms with van der Waals surface area (Å²) >= 11 is 1.83. The average Bonchev–Trinajstić information content (AvgIpc) is 4.08. The van der Waals surface area contributed by atoms with Gasteiger partial charge in [-0.3, -0.25) is 4.57 Å². The molecule has 0 unspecified atom stereocenters. The molecule has 14 rings (SSSR count). The summed E-state index contributed by atoms with van der Waals surface area (Å²) in [6.07, 6.45) is 0. The summed E-state index contributed by atoms with van der Waals surface area (Å²) in [7, 11) is 0. The summed E-state index contributed by atoms with van der Waals surface area (Å²) < 4.78 is 14.1. The molecule has 5 aromatic heterocycles. The minimum Gasteiger partial charge on any atom is -0.455 e. The molecule has 0 N–H and O–H groups in total. The Morgan fingerprint density at radius 3 is 1.95 bits per heavy atom. The fourth-order valence-electron chi connectivity index (χ4n) is 10.0. The molecule has 0 fully saturated rings. The number of rotatable bonds is 4. The zero-order chi connectivity index (χ0) is 40.5. The summed E-state index contributed by atoms with van der Waals surface area (Å²) in [5.41, 5.74) is 12.2. The summed E-state index contributed by atoms with van der Waals surface area (Å²) in [5, 5.41) is 10.2. The molecule has 6 heteroatoms. The maximum Gasteiger partial charge on any atom is 0.235 e. The Morgan fingerprint density at radius 2 is 1.08 bits per heavy atom. The van der Waals surface area contributed by atoms with Crippen molar-refractivity contribution in [1.82, 2.24) is 19.1 Å². The van der Waals surface area contributed by atoms with E-state index in [2.05, 4.69) is 197 Å². The SMILES string of the molecule is c1ccc(-n2c3ccccc3c3ccc(-c4cc5c6ccccc6oc5c5c6ccccc6n(-c6nc(-c7ccc8sc9ccccc9c8c7)c7ccccc7n6)c45)cc32)cc1. The molecule has 0 aliphatic rings. The van der Waals surface area contributed by atoms with Gasteiger partial charge in [-0.05, 0) is 72.3 Å². The lowest BCUT2D eigenvalue weighted by Gasteiger charge is -2.14. The standard InChI is InChI=1S/C56H32N4OS/c1-2-14-35(15-3-1)59-46-22-10-5-16-36(46)37-28-26-33(31-48(37)59)42-32-44-38-17-7-12-24-49(38)61-55(44)52-41-20-6-11-23-47(41)60(54(42)52)56-57-45-21-9-4-19-40(45)53(58-56)34-27-29-51-43(30-34)39-18-8-13-25-50(39)62-51/h1-32H. The van der Waals surface area contributed by atoms with Crippen LogP contribution in [0.3, 0.4) is 0 Å². The molecule has 0 saturated heterocycles. The lowest BCUT2D eigenvalue weighted by Crippen LogP contribution is -2.04. The van der Waals surface area contributed by atoms with E-state index in [-0.39, 0.29) is 0 Å². The van der Waals surface area contributed by atoms with E-state index in [1.165, 1.54) is 36.5 Å². The molecule has 5 heterocycles. The van der Waals surface area contributed by atoms with Crippen LogP contribution in [0.25, 0.3) is 131 Å². The van der Waals surface area contributed by atoms with Crippen LogP contribution in [-0.4, -0.2) is 19.1 Å². The Morgan fingerprint density at radius 1 is 0.419 bits per heavy atom. The Kier molecular flexibility index (Phi) is 6.92. The molecule has 0 spiro atoms. The summed E-state index contributed by atoms with van der Waals surface area (Å²) in [5.74, 6) is 0.608. The van der Waals surface area contributed by atoms with Gasteiger partial charge in [-0.15, -0.1) is 11.3 Å². The van der Waals surface area contributed by atoms with Crippen LogP contribution < -0.4 is 0 Å². The highest BCUT2D eigenvalue weighted by atomic mass is 32.1. The number of fused-ring (bicyclic) bond motifs is 14. The third kappa shape index (κ3) is 4.72. The number of aromatic nitrogens is 4. The Bertz CT molecular complexity index is 4170. The quantitative estimate of drug-likeness (QED) is 0.178. The van der Waals surface area contributed by atoms with E-state index < -0.39 is 0 Å². The van der Waals surface area contributed by atoms with Crippen LogP contribution >= 0.6 is 11.3 Å². The number of hydrogen-bond donors (Lipinski definition) is 0. The van der Waals surface area contributed by atoms with Crippen LogP contribution in [-0.2, 0) is 0 Å². The van der Waals surface area contributed by atoms with Crippen molar-refractivity contribution in [2.24, 2.45) is 0 Å².